The van der Waals surface area contributed by atoms with Crippen LogP contribution in [-0.2, 0) is 11.2 Å². The average Bonchev–Trinajstić information content (AvgIpc) is 2.45. The smallest absolute Gasteiger partial charge is 0.0829 e. The largest absolute Gasteiger partial charge is 0.377 e. The molecule has 1 aromatic carbocycles. The van der Waals surface area contributed by atoms with Crippen LogP contribution in [-0.4, -0.2) is 18.8 Å². The number of methoxy groups -OCH3 is 1. The quantitative estimate of drug-likeness (QED) is 0.899. The van der Waals surface area contributed by atoms with Crippen LogP contribution in [0.1, 0.15) is 55.6 Å². The first-order chi connectivity index (χ1) is 9.25. The summed E-state index contributed by atoms with van der Waals surface area (Å²) in [6, 6.07) is 8.95. The fraction of sp³-hybridized carbons (Fsp3) is 0.647. The predicted molar refractivity (Wildman–Crippen MR) is 78.3 cm³/mol. The Balaban J connectivity index is 1.67. The third kappa shape index (κ3) is 2.32. The Hall–Kier alpha value is -0.860. The van der Waals surface area contributed by atoms with E-state index in [4.69, 9.17) is 10.5 Å². The molecule has 2 nitrogen and oxygen atoms in total. The van der Waals surface area contributed by atoms with Gasteiger partial charge in [-0.25, -0.2) is 0 Å². The lowest BCUT2D eigenvalue weighted by atomic mass is 9.70. The van der Waals surface area contributed by atoms with Crippen LogP contribution in [0.3, 0.4) is 0 Å². The first kappa shape index (κ1) is 13.1. The van der Waals surface area contributed by atoms with E-state index in [9.17, 15) is 0 Å². The van der Waals surface area contributed by atoms with Crippen LogP contribution in [0.4, 0.5) is 0 Å². The van der Waals surface area contributed by atoms with Gasteiger partial charge in [0.15, 0.2) is 0 Å². The van der Waals surface area contributed by atoms with Crippen molar-refractivity contribution in [3.05, 3.63) is 35.4 Å². The van der Waals surface area contributed by atoms with E-state index < -0.39 is 0 Å². The van der Waals surface area contributed by atoms with Gasteiger partial charge >= 0.3 is 0 Å². The number of nitrogens with two attached hydrogens (primary N) is 1. The van der Waals surface area contributed by atoms with Gasteiger partial charge in [-0.05, 0) is 42.7 Å². The molecule has 19 heavy (non-hydrogen) atoms. The Kier molecular flexibility index (Phi) is 3.64. The summed E-state index contributed by atoms with van der Waals surface area (Å²) in [5, 5.41) is 0. The summed E-state index contributed by atoms with van der Waals surface area (Å²) >= 11 is 0. The van der Waals surface area contributed by atoms with Crippen molar-refractivity contribution >= 4 is 0 Å². The first-order valence-corrected chi connectivity index (χ1v) is 7.64. The van der Waals surface area contributed by atoms with Gasteiger partial charge in [-0.15, -0.1) is 0 Å². The zero-order valence-corrected chi connectivity index (χ0v) is 11.9. The lowest BCUT2D eigenvalue weighted by Gasteiger charge is -2.43. The van der Waals surface area contributed by atoms with Gasteiger partial charge in [-0.3, -0.25) is 0 Å². The summed E-state index contributed by atoms with van der Waals surface area (Å²) in [5.41, 5.74) is 9.51. The first-order valence-electron chi connectivity index (χ1n) is 7.64. The SMILES string of the molecule is COC1(C(N)CC2Cc3ccccc32)CCCCC1. The molecule has 0 bridgehead atoms. The van der Waals surface area contributed by atoms with Crippen molar-refractivity contribution in [2.75, 3.05) is 7.11 Å². The number of hydrogen-bond acceptors (Lipinski definition) is 2. The number of benzene rings is 1. The van der Waals surface area contributed by atoms with E-state index in [0.717, 1.165) is 19.3 Å². The topological polar surface area (TPSA) is 35.2 Å². The maximum atomic E-state index is 6.54. The zero-order chi connectivity index (χ0) is 13.3. The maximum absolute atomic E-state index is 6.54. The molecule has 0 aromatic heterocycles. The van der Waals surface area contributed by atoms with Crippen LogP contribution in [0, 0.1) is 0 Å². The molecule has 0 saturated heterocycles. The van der Waals surface area contributed by atoms with Gasteiger partial charge in [0.05, 0.1) is 5.60 Å². The lowest BCUT2D eigenvalue weighted by Crippen LogP contribution is -2.51. The number of fused-ring (bicyclic) bond motifs is 1. The fourth-order valence-electron chi connectivity index (χ4n) is 3.97. The second-order valence-electron chi connectivity index (χ2n) is 6.27. The number of rotatable bonds is 4. The third-order valence-electron chi connectivity index (χ3n) is 5.28. The highest BCUT2D eigenvalue weighted by molar-refractivity contribution is 5.40. The Labute approximate surface area is 116 Å². The molecule has 2 aliphatic carbocycles. The monoisotopic (exact) mass is 259 g/mol. The molecule has 0 heterocycles. The van der Waals surface area contributed by atoms with Gasteiger partial charge in [-0.1, -0.05) is 43.5 Å². The molecular weight excluding hydrogens is 234 g/mol. The Morgan fingerprint density at radius 1 is 1.26 bits per heavy atom. The molecule has 1 aromatic rings. The molecule has 2 unspecified atom stereocenters. The van der Waals surface area contributed by atoms with Crippen molar-refractivity contribution in [2.24, 2.45) is 5.73 Å². The fourth-order valence-corrected chi connectivity index (χ4v) is 3.97. The average molecular weight is 259 g/mol. The van der Waals surface area contributed by atoms with Gasteiger partial charge in [0.1, 0.15) is 0 Å². The minimum atomic E-state index is -0.0528. The lowest BCUT2D eigenvalue weighted by molar-refractivity contribution is -0.0617. The summed E-state index contributed by atoms with van der Waals surface area (Å²) in [6.07, 6.45) is 8.42. The summed E-state index contributed by atoms with van der Waals surface area (Å²) in [5.74, 6) is 0.653. The van der Waals surface area contributed by atoms with Crippen LogP contribution >= 0.6 is 0 Å². The van der Waals surface area contributed by atoms with Crippen molar-refractivity contribution in [1.82, 2.24) is 0 Å². The predicted octanol–water partition coefficient (Wildman–Crippen LogP) is 3.39. The Bertz CT molecular complexity index is 437. The Morgan fingerprint density at radius 2 is 2.00 bits per heavy atom. The van der Waals surface area contributed by atoms with Gasteiger partial charge in [0, 0.05) is 13.2 Å². The van der Waals surface area contributed by atoms with Crippen molar-refractivity contribution in [1.29, 1.82) is 0 Å². The van der Waals surface area contributed by atoms with E-state index in [1.807, 2.05) is 7.11 Å². The van der Waals surface area contributed by atoms with Crippen LogP contribution in [0.2, 0.25) is 0 Å². The van der Waals surface area contributed by atoms with E-state index in [1.165, 1.54) is 36.8 Å². The summed E-state index contributed by atoms with van der Waals surface area (Å²) in [7, 11) is 1.85. The molecule has 2 atom stereocenters. The highest BCUT2D eigenvalue weighted by Crippen LogP contribution is 2.42. The van der Waals surface area contributed by atoms with Crippen molar-refractivity contribution in [3.63, 3.8) is 0 Å². The van der Waals surface area contributed by atoms with Gasteiger partial charge in [-0.2, -0.15) is 0 Å². The summed E-state index contributed by atoms with van der Waals surface area (Å²) in [6.45, 7) is 0. The molecule has 2 heteroatoms. The minimum absolute atomic E-state index is 0.0528. The van der Waals surface area contributed by atoms with E-state index in [2.05, 4.69) is 24.3 Å². The molecule has 3 rings (SSSR count). The molecule has 1 saturated carbocycles. The normalized spacial score (nSPS) is 26.3. The highest BCUT2D eigenvalue weighted by atomic mass is 16.5. The van der Waals surface area contributed by atoms with Crippen molar-refractivity contribution in [2.45, 2.75) is 62.5 Å². The molecule has 2 N–H and O–H groups in total. The summed E-state index contributed by atoms with van der Waals surface area (Å²) in [4.78, 5) is 0. The molecule has 0 amide bonds. The van der Waals surface area contributed by atoms with E-state index in [1.54, 1.807) is 0 Å². The number of ether oxygens (including phenoxy) is 1. The maximum Gasteiger partial charge on any atom is 0.0829 e. The van der Waals surface area contributed by atoms with Crippen LogP contribution in [0.5, 0.6) is 0 Å². The second-order valence-corrected chi connectivity index (χ2v) is 6.27. The molecule has 1 fully saturated rings. The molecule has 104 valence electrons. The van der Waals surface area contributed by atoms with E-state index in [-0.39, 0.29) is 11.6 Å². The van der Waals surface area contributed by atoms with Crippen LogP contribution in [0.15, 0.2) is 24.3 Å². The molecule has 0 spiro atoms. The van der Waals surface area contributed by atoms with E-state index >= 15 is 0 Å². The standard InChI is InChI=1S/C17H25NO/c1-19-17(9-5-2-6-10-17)16(18)12-14-11-13-7-3-4-8-15(13)14/h3-4,7-8,14,16H,2,5-6,9-12,18H2,1H3. The minimum Gasteiger partial charge on any atom is -0.377 e. The van der Waals surface area contributed by atoms with Gasteiger partial charge in [0.25, 0.3) is 0 Å². The van der Waals surface area contributed by atoms with Gasteiger partial charge in [0.2, 0.25) is 0 Å². The highest BCUT2D eigenvalue weighted by Gasteiger charge is 2.40. The van der Waals surface area contributed by atoms with Crippen molar-refractivity contribution in [3.8, 4) is 0 Å². The van der Waals surface area contributed by atoms with Crippen molar-refractivity contribution < 1.29 is 4.74 Å². The molecule has 0 aliphatic heterocycles. The summed E-state index contributed by atoms with van der Waals surface area (Å²) < 4.78 is 5.87. The van der Waals surface area contributed by atoms with Crippen LogP contribution < -0.4 is 5.73 Å². The zero-order valence-electron chi connectivity index (χ0n) is 11.9. The third-order valence-corrected chi connectivity index (χ3v) is 5.28. The number of hydrogen-bond donors (Lipinski definition) is 1. The molecular formula is C17H25NO. The second kappa shape index (κ2) is 5.26. The molecule has 0 radical (unpaired) electrons. The van der Waals surface area contributed by atoms with Crippen LogP contribution in [0.25, 0.3) is 0 Å². The Morgan fingerprint density at radius 3 is 2.68 bits per heavy atom. The van der Waals surface area contributed by atoms with Gasteiger partial charge < -0.3 is 10.5 Å². The molecule has 2 aliphatic rings. The van der Waals surface area contributed by atoms with E-state index in [0.29, 0.717) is 5.92 Å².